The highest BCUT2D eigenvalue weighted by molar-refractivity contribution is 9.10. The molecule has 0 aliphatic carbocycles. The van der Waals surface area contributed by atoms with Gasteiger partial charge in [-0.3, -0.25) is 4.79 Å². The number of carbonyl (C=O) groups is 1. The maximum atomic E-state index is 12.4. The summed E-state index contributed by atoms with van der Waals surface area (Å²) in [6.07, 6.45) is 2.15. The van der Waals surface area contributed by atoms with Crippen LogP contribution in [0.1, 0.15) is 34.8 Å². The van der Waals surface area contributed by atoms with Crippen LogP contribution in [-0.4, -0.2) is 5.78 Å². The van der Waals surface area contributed by atoms with Crippen LogP contribution in [0, 0.1) is 0 Å². The van der Waals surface area contributed by atoms with Gasteiger partial charge in [0.2, 0.25) is 0 Å². The first kappa shape index (κ1) is 14.3. The van der Waals surface area contributed by atoms with Crippen molar-refractivity contribution in [3.63, 3.8) is 0 Å². The first-order valence-corrected chi connectivity index (χ1v) is 7.37. The van der Waals surface area contributed by atoms with Gasteiger partial charge in [0.15, 0.2) is 5.78 Å². The monoisotopic (exact) mass is 336 g/mol. The molecule has 0 aliphatic rings. The number of halogens is 2. The lowest BCUT2D eigenvalue weighted by molar-refractivity contribution is 0.103. The SMILES string of the molecule is CCCc1ccc(C(=O)c2ccc(Cl)cc2Br)cc1. The molecule has 3 heteroatoms. The summed E-state index contributed by atoms with van der Waals surface area (Å²) < 4.78 is 0.725. The fourth-order valence-corrected chi connectivity index (χ4v) is 2.80. The maximum absolute atomic E-state index is 12.4. The third-order valence-electron chi connectivity index (χ3n) is 2.93. The van der Waals surface area contributed by atoms with Crippen LogP contribution >= 0.6 is 27.5 Å². The van der Waals surface area contributed by atoms with E-state index in [2.05, 4.69) is 22.9 Å². The Kier molecular flexibility index (Phi) is 4.78. The van der Waals surface area contributed by atoms with Gasteiger partial charge in [-0.15, -0.1) is 0 Å². The van der Waals surface area contributed by atoms with Gasteiger partial charge in [0.1, 0.15) is 0 Å². The molecule has 0 bridgehead atoms. The van der Waals surface area contributed by atoms with Crippen LogP contribution in [0.25, 0.3) is 0 Å². The van der Waals surface area contributed by atoms with Gasteiger partial charge in [-0.25, -0.2) is 0 Å². The summed E-state index contributed by atoms with van der Waals surface area (Å²) in [7, 11) is 0. The van der Waals surface area contributed by atoms with E-state index in [1.165, 1.54) is 5.56 Å². The number of rotatable bonds is 4. The van der Waals surface area contributed by atoms with E-state index in [-0.39, 0.29) is 5.78 Å². The summed E-state index contributed by atoms with van der Waals surface area (Å²) >= 11 is 9.26. The number of benzene rings is 2. The van der Waals surface area contributed by atoms with Crippen molar-refractivity contribution in [2.45, 2.75) is 19.8 Å². The fraction of sp³-hybridized carbons (Fsp3) is 0.188. The molecule has 0 saturated carbocycles. The minimum Gasteiger partial charge on any atom is -0.289 e. The van der Waals surface area contributed by atoms with Gasteiger partial charge >= 0.3 is 0 Å². The van der Waals surface area contributed by atoms with Gasteiger partial charge in [0, 0.05) is 20.6 Å². The Labute approximate surface area is 126 Å². The Bertz CT molecular complexity index is 590. The Morgan fingerprint density at radius 3 is 2.42 bits per heavy atom. The largest absolute Gasteiger partial charge is 0.289 e. The van der Waals surface area contributed by atoms with E-state index in [1.807, 2.05) is 24.3 Å². The third-order valence-corrected chi connectivity index (χ3v) is 3.82. The Hall–Kier alpha value is -1.12. The van der Waals surface area contributed by atoms with Crippen molar-refractivity contribution in [2.24, 2.45) is 0 Å². The maximum Gasteiger partial charge on any atom is 0.194 e. The Morgan fingerprint density at radius 1 is 1.16 bits per heavy atom. The highest BCUT2D eigenvalue weighted by atomic mass is 79.9. The number of hydrogen-bond donors (Lipinski definition) is 0. The van der Waals surface area contributed by atoms with Crippen LogP contribution in [0.15, 0.2) is 46.9 Å². The van der Waals surface area contributed by atoms with E-state index in [9.17, 15) is 4.79 Å². The summed E-state index contributed by atoms with van der Waals surface area (Å²) in [5, 5.41) is 0.613. The number of ketones is 1. The third kappa shape index (κ3) is 3.46. The lowest BCUT2D eigenvalue weighted by Crippen LogP contribution is -2.02. The average molecular weight is 338 g/mol. The summed E-state index contributed by atoms with van der Waals surface area (Å²) in [4.78, 5) is 12.4. The van der Waals surface area contributed by atoms with E-state index in [4.69, 9.17) is 11.6 Å². The van der Waals surface area contributed by atoms with Crippen molar-refractivity contribution in [2.75, 3.05) is 0 Å². The summed E-state index contributed by atoms with van der Waals surface area (Å²) in [5.74, 6) is 0.00610. The Balaban J connectivity index is 2.28. The molecule has 1 nitrogen and oxygen atoms in total. The van der Waals surface area contributed by atoms with Gasteiger partial charge in [0.05, 0.1) is 0 Å². The molecule has 2 rings (SSSR count). The molecule has 0 heterocycles. The molecular formula is C16H14BrClO. The molecule has 0 spiro atoms. The normalized spacial score (nSPS) is 10.5. The minimum absolute atomic E-state index is 0.00610. The van der Waals surface area contributed by atoms with Crippen molar-refractivity contribution in [3.8, 4) is 0 Å². The number of aryl methyl sites for hydroxylation is 1. The van der Waals surface area contributed by atoms with Crippen molar-refractivity contribution in [1.29, 1.82) is 0 Å². The lowest BCUT2D eigenvalue weighted by atomic mass is 10.0. The predicted molar refractivity (Wildman–Crippen MR) is 83.0 cm³/mol. The van der Waals surface area contributed by atoms with E-state index < -0.39 is 0 Å². The van der Waals surface area contributed by atoms with E-state index in [1.54, 1.807) is 18.2 Å². The first-order chi connectivity index (χ1) is 9.11. The highest BCUT2D eigenvalue weighted by Crippen LogP contribution is 2.24. The van der Waals surface area contributed by atoms with Crippen LogP contribution in [-0.2, 0) is 6.42 Å². The van der Waals surface area contributed by atoms with Crippen molar-refractivity contribution < 1.29 is 4.79 Å². The van der Waals surface area contributed by atoms with Gasteiger partial charge in [-0.1, -0.05) is 49.2 Å². The molecular weight excluding hydrogens is 324 g/mol. The zero-order chi connectivity index (χ0) is 13.8. The van der Waals surface area contributed by atoms with Crippen molar-refractivity contribution in [3.05, 3.63) is 68.7 Å². The topological polar surface area (TPSA) is 17.1 Å². The molecule has 0 atom stereocenters. The first-order valence-electron chi connectivity index (χ1n) is 6.20. The summed E-state index contributed by atoms with van der Waals surface area (Å²) in [5.41, 5.74) is 2.59. The lowest BCUT2D eigenvalue weighted by Gasteiger charge is -2.05. The standard InChI is InChI=1S/C16H14BrClO/c1-2-3-11-4-6-12(7-5-11)16(19)14-9-8-13(18)10-15(14)17/h4-10H,2-3H2,1H3. The van der Waals surface area contributed by atoms with Crippen LogP contribution in [0.3, 0.4) is 0 Å². The molecule has 0 unspecified atom stereocenters. The molecule has 0 N–H and O–H groups in total. The number of carbonyl (C=O) groups excluding carboxylic acids is 1. The second-order valence-electron chi connectivity index (χ2n) is 4.40. The molecule has 2 aromatic carbocycles. The Morgan fingerprint density at radius 2 is 1.84 bits per heavy atom. The molecule has 0 aromatic heterocycles. The van der Waals surface area contributed by atoms with Crippen LogP contribution in [0.4, 0.5) is 0 Å². The summed E-state index contributed by atoms with van der Waals surface area (Å²) in [6.45, 7) is 2.14. The molecule has 0 fully saturated rings. The van der Waals surface area contributed by atoms with E-state index in [0.717, 1.165) is 17.3 Å². The quantitative estimate of drug-likeness (QED) is 0.693. The molecule has 0 radical (unpaired) electrons. The predicted octanol–water partition coefficient (Wildman–Crippen LogP) is 5.29. The van der Waals surface area contributed by atoms with Crippen molar-refractivity contribution in [1.82, 2.24) is 0 Å². The van der Waals surface area contributed by atoms with Gasteiger partial charge in [-0.05, 0) is 46.1 Å². The van der Waals surface area contributed by atoms with Crippen LogP contribution in [0.2, 0.25) is 5.02 Å². The minimum atomic E-state index is 0.00610. The number of hydrogen-bond acceptors (Lipinski definition) is 1. The van der Waals surface area contributed by atoms with Crippen molar-refractivity contribution >= 4 is 33.3 Å². The molecule has 0 amide bonds. The van der Waals surface area contributed by atoms with Gasteiger partial charge < -0.3 is 0 Å². The average Bonchev–Trinajstić information content (AvgIpc) is 2.39. The van der Waals surface area contributed by atoms with Gasteiger partial charge in [0.25, 0.3) is 0 Å². The van der Waals surface area contributed by atoms with Crippen LogP contribution in [0.5, 0.6) is 0 Å². The second kappa shape index (κ2) is 6.36. The molecule has 0 aliphatic heterocycles. The van der Waals surface area contributed by atoms with E-state index >= 15 is 0 Å². The zero-order valence-electron chi connectivity index (χ0n) is 10.6. The molecule has 19 heavy (non-hydrogen) atoms. The fourth-order valence-electron chi connectivity index (χ4n) is 1.94. The molecule has 98 valence electrons. The van der Waals surface area contributed by atoms with Gasteiger partial charge in [-0.2, -0.15) is 0 Å². The smallest absolute Gasteiger partial charge is 0.194 e. The summed E-state index contributed by atoms with van der Waals surface area (Å²) in [6, 6.07) is 13.0. The highest BCUT2D eigenvalue weighted by Gasteiger charge is 2.12. The van der Waals surface area contributed by atoms with E-state index in [0.29, 0.717) is 16.1 Å². The zero-order valence-corrected chi connectivity index (χ0v) is 13.0. The molecule has 0 saturated heterocycles. The molecule has 2 aromatic rings. The second-order valence-corrected chi connectivity index (χ2v) is 5.69. The van der Waals surface area contributed by atoms with Crippen LogP contribution < -0.4 is 0 Å².